The number of halogens is 1. The molecule has 1 rings (SSSR count). The predicted octanol–water partition coefficient (Wildman–Crippen LogP) is 2.62. The van der Waals surface area contributed by atoms with Crippen molar-refractivity contribution >= 4 is 23.2 Å². The van der Waals surface area contributed by atoms with Gasteiger partial charge in [-0.1, -0.05) is 25.1 Å². The fourth-order valence-corrected chi connectivity index (χ4v) is 1.71. The van der Waals surface area contributed by atoms with Crippen molar-refractivity contribution in [1.29, 1.82) is 0 Å². The number of phenols is 1. The third-order valence-electron chi connectivity index (χ3n) is 2.33. The van der Waals surface area contributed by atoms with Crippen molar-refractivity contribution in [3.63, 3.8) is 0 Å². The second kappa shape index (κ2) is 5.59. The Hall–Kier alpha value is -1.68. The quantitative estimate of drug-likeness (QED) is 0.641. The molecule has 1 aromatic rings. The summed E-state index contributed by atoms with van der Waals surface area (Å²) in [6.07, 6.45) is 2.21. The van der Waals surface area contributed by atoms with Gasteiger partial charge >= 0.3 is 0 Å². The van der Waals surface area contributed by atoms with Crippen LogP contribution in [0, 0.1) is 0 Å². The van der Waals surface area contributed by atoms with Gasteiger partial charge in [0.1, 0.15) is 5.75 Å². The Labute approximate surface area is 105 Å². The van der Waals surface area contributed by atoms with E-state index in [0.717, 1.165) is 6.42 Å². The number of carbonyl (C=O) groups excluding carboxylic acids is 1. The lowest BCUT2D eigenvalue weighted by Gasteiger charge is -2.19. The van der Waals surface area contributed by atoms with E-state index in [9.17, 15) is 9.90 Å². The van der Waals surface area contributed by atoms with Gasteiger partial charge in [-0.25, -0.2) is 0 Å². The first kappa shape index (κ1) is 13.4. The zero-order valence-electron chi connectivity index (χ0n) is 9.61. The maximum atomic E-state index is 12.1. The number of hydrogen-bond donors (Lipinski definition) is 2. The molecule has 0 heterocycles. The summed E-state index contributed by atoms with van der Waals surface area (Å²) in [4.78, 5) is 13.6. The number of amides is 1. The van der Waals surface area contributed by atoms with Gasteiger partial charge in [-0.3, -0.25) is 4.79 Å². The van der Waals surface area contributed by atoms with E-state index < -0.39 is 0 Å². The first-order chi connectivity index (χ1) is 8.02. The molecule has 1 aromatic carbocycles. The summed E-state index contributed by atoms with van der Waals surface area (Å²) < 4.78 is 0. The lowest BCUT2D eigenvalue weighted by Crippen LogP contribution is -2.27. The molecule has 0 unspecified atom stereocenters. The van der Waals surface area contributed by atoms with Crippen molar-refractivity contribution in [2.75, 3.05) is 12.3 Å². The van der Waals surface area contributed by atoms with Gasteiger partial charge in [0.25, 0.3) is 5.91 Å². The van der Waals surface area contributed by atoms with Gasteiger partial charge in [0.15, 0.2) is 0 Å². The molecule has 0 bridgehead atoms. The molecule has 0 aliphatic carbocycles. The second-order valence-electron chi connectivity index (χ2n) is 3.54. The molecule has 0 radical (unpaired) electrons. The normalized spacial score (nSPS) is 10.0. The highest BCUT2D eigenvalue weighted by Crippen LogP contribution is 2.31. The minimum atomic E-state index is -0.361. The molecule has 0 aliphatic rings. The Morgan fingerprint density at radius 3 is 2.82 bits per heavy atom. The second-order valence-corrected chi connectivity index (χ2v) is 3.94. The molecule has 0 saturated carbocycles. The minimum Gasteiger partial charge on any atom is -0.506 e. The summed E-state index contributed by atoms with van der Waals surface area (Å²) in [6, 6.07) is 2.79. The molecule has 92 valence electrons. The van der Waals surface area contributed by atoms with Crippen LogP contribution in [0.3, 0.4) is 0 Å². The Morgan fingerprint density at radius 2 is 2.29 bits per heavy atom. The summed E-state index contributed by atoms with van der Waals surface area (Å²) in [5.41, 5.74) is 5.76. The Kier molecular flexibility index (Phi) is 4.40. The molecule has 0 aromatic heterocycles. The average Bonchev–Trinajstić information content (AvgIpc) is 2.31. The van der Waals surface area contributed by atoms with E-state index in [4.69, 9.17) is 17.3 Å². The first-order valence-electron chi connectivity index (χ1n) is 5.23. The molecule has 0 spiro atoms. The summed E-state index contributed by atoms with van der Waals surface area (Å²) >= 11 is 5.92. The fraction of sp³-hybridized carbons (Fsp3) is 0.250. The summed E-state index contributed by atoms with van der Waals surface area (Å²) in [7, 11) is 0. The van der Waals surface area contributed by atoms with Gasteiger partial charge < -0.3 is 15.7 Å². The molecule has 1 amide bonds. The Bertz CT molecular complexity index is 446. The highest BCUT2D eigenvalue weighted by molar-refractivity contribution is 6.34. The Morgan fingerprint density at radius 1 is 1.65 bits per heavy atom. The number of anilines is 1. The molecule has 4 nitrogen and oxygen atoms in total. The van der Waals surface area contributed by atoms with Gasteiger partial charge in [0.2, 0.25) is 0 Å². The maximum Gasteiger partial charge on any atom is 0.261 e. The van der Waals surface area contributed by atoms with Crippen molar-refractivity contribution in [2.45, 2.75) is 13.3 Å². The van der Waals surface area contributed by atoms with Crippen molar-refractivity contribution in [3.8, 4) is 5.75 Å². The van der Waals surface area contributed by atoms with Crippen LogP contribution in [0.25, 0.3) is 0 Å². The lowest BCUT2D eigenvalue weighted by atomic mass is 10.1. The largest absolute Gasteiger partial charge is 0.506 e. The molecule has 17 heavy (non-hydrogen) atoms. The maximum absolute atomic E-state index is 12.1. The van der Waals surface area contributed by atoms with Crippen LogP contribution in [0.15, 0.2) is 24.9 Å². The fourth-order valence-electron chi connectivity index (χ4n) is 1.46. The van der Waals surface area contributed by atoms with Gasteiger partial charge in [-0.05, 0) is 24.8 Å². The van der Waals surface area contributed by atoms with Crippen molar-refractivity contribution < 1.29 is 9.90 Å². The number of benzene rings is 1. The molecular weight excluding hydrogens is 240 g/mol. The number of aromatic hydroxyl groups is 1. The number of phenolic OH excluding ortho intramolecular Hbond substituents is 1. The van der Waals surface area contributed by atoms with Gasteiger partial charge in [-0.15, -0.1) is 0 Å². The van der Waals surface area contributed by atoms with Crippen LogP contribution in [-0.2, 0) is 0 Å². The van der Waals surface area contributed by atoms with Crippen LogP contribution in [0.1, 0.15) is 23.7 Å². The summed E-state index contributed by atoms with van der Waals surface area (Å²) in [5.74, 6) is -0.515. The van der Waals surface area contributed by atoms with E-state index in [2.05, 4.69) is 6.58 Å². The van der Waals surface area contributed by atoms with Gasteiger partial charge in [0.05, 0.1) is 16.3 Å². The van der Waals surface area contributed by atoms with Gasteiger partial charge in [-0.2, -0.15) is 0 Å². The topological polar surface area (TPSA) is 66.6 Å². The number of nitrogen functional groups attached to an aromatic ring is 1. The van der Waals surface area contributed by atoms with Crippen LogP contribution in [0.2, 0.25) is 5.02 Å². The van der Waals surface area contributed by atoms with E-state index >= 15 is 0 Å². The average molecular weight is 255 g/mol. The van der Waals surface area contributed by atoms with E-state index in [1.807, 2.05) is 6.92 Å². The number of nitrogens with two attached hydrogens (primary N) is 1. The summed E-state index contributed by atoms with van der Waals surface area (Å²) in [6.45, 7) is 6.03. The van der Waals surface area contributed by atoms with Gasteiger partial charge in [0, 0.05) is 6.54 Å². The van der Waals surface area contributed by atoms with E-state index in [0.29, 0.717) is 6.54 Å². The zero-order chi connectivity index (χ0) is 13.0. The van der Waals surface area contributed by atoms with E-state index in [1.165, 1.54) is 23.2 Å². The Balaban J connectivity index is 3.19. The van der Waals surface area contributed by atoms with Crippen LogP contribution < -0.4 is 5.73 Å². The zero-order valence-corrected chi connectivity index (χ0v) is 10.4. The van der Waals surface area contributed by atoms with Crippen molar-refractivity contribution in [2.24, 2.45) is 0 Å². The highest BCUT2D eigenvalue weighted by atomic mass is 35.5. The molecule has 0 saturated heterocycles. The van der Waals surface area contributed by atoms with Crippen LogP contribution in [0.4, 0.5) is 5.69 Å². The van der Waals surface area contributed by atoms with Crippen molar-refractivity contribution in [1.82, 2.24) is 4.90 Å². The van der Waals surface area contributed by atoms with Crippen LogP contribution in [-0.4, -0.2) is 22.5 Å². The molecule has 0 atom stereocenters. The highest BCUT2D eigenvalue weighted by Gasteiger charge is 2.20. The van der Waals surface area contributed by atoms with Crippen LogP contribution >= 0.6 is 11.6 Å². The third kappa shape index (κ3) is 2.71. The first-order valence-corrected chi connectivity index (χ1v) is 5.61. The molecule has 5 heteroatoms. The minimum absolute atomic E-state index is 0.00884. The molecule has 3 N–H and O–H groups in total. The third-order valence-corrected chi connectivity index (χ3v) is 2.65. The van der Waals surface area contributed by atoms with Crippen molar-refractivity contribution in [3.05, 3.63) is 35.5 Å². The number of carbonyl (C=O) groups is 1. The lowest BCUT2D eigenvalue weighted by molar-refractivity contribution is 0.0823. The monoisotopic (exact) mass is 254 g/mol. The standard InChI is InChI=1S/C12H15ClN2O2/c1-3-7-15(4-2)12(17)10-8(13)5-6-9(16)11(10)14/h4-6,16H,2-3,7,14H2,1H3. The predicted molar refractivity (Wildman–Crippen MR) is 69.1 cm³/mol. The number of rotatable bonds is 4. The smallest absolute Gasteiger partial charge is 0.261 e. The molecule has 0 aliphatic heterocycles. The van der Waals surface area contributed by atoms with E-state index in [-0.39, 0.29) is 27.9 Å². The summed E-state index contributed by atoms with van der Waals surface area (Å²) in [5, 5.41) is 9.69. The molecule has 0 fully saturated rings. The molecular formula is C12H15ClN2O2. The number of hydrogen-bond acceptors (Lipinski definition) is 3. The van der Waals surface area contributed by atoms with Crippen LogP contribution in [0.5, 0.6) is 5.75 Å². The number of nitrogens with zero attached hydrogens (tertiary/aromatic N) is 1. The SMILES string of the molecule is C=CN(CCC)C(=O)c1c(Cl)ccc(O)c1N. The van der Waals surface area contributed by atoms with E-state index in [1.54, 1.807) is 0 Å².